The molecule has 3 rings (SSSR count). The molecule has 2 aromatic carbocycles. The Morgan fingerprint density at radius 2 is 1.55 bits per heavy atom. The predicted molar refractivity (Wildman–Crippen MR) is 116 cm³/mol. The summed E-state index contributed by atoms with van der Waals surface area (Å²) in [5.41, 5.74) is -4.12. The molecule has 0 saturated heterocycles. The van der Waals surface area contributed by atoms with Crippen LogP contribution < -0.4 is 5.32 Å². The van der Waals surface area contributed by atoms with Crippen molar-refractivity contribution in [3.8, 4) is 0 Å². The van der Waals surface area contributed by atoms with E-state index in [9.17, 15) is 22.8 Å². The second-order valence-electron chi connectivity index (χ2n) is 9.59. The molecule has 1 aliphatic rings. The molecule has 5 nitrogen and oxygen atoms in total. The van der Waals surface area contributed by atoms with Gasteiger partial charge in [0.05, 0.1) is 5.54 Å². The summed E-state index contributed by atoms with van der Waals surface area (Å²) in [7, 11) is 0. The molecule has 1 N–H and O–H groups in total. The summed E-state index contributed by atoms with van der Waals surface area (Å²) < 4.78 is 54.2. The number of benzene rings is 2. The van der Waals surface area contributed by atoms with E-state index in [1.807, 2.05) is 0 Å². The lowest BCUT2D eigenvalue weighted by atomic mass is 9.53. The maximum atomic E-state index is 14.9. The molecular weight excluding hydrogens is 435 g/mol. The summed E-state index contributed by atoms with van der Waals surface area (Å²) in [6.45, 7) is 6.11. The van der Waals surface area contributed by atoms with Crippen LogP contribution in [0.4, 0.5) is 18.0 Å². The van der Waals surface area contributed by atoms with E-state index in [1.165, 1.54) is 25.1 Å². The fraction of sp³-hybridized carbons (Fsp3) is 0.440. The number of alkyl halides is 2. The van der Waals surface area contributed by atoms with E-state index in [0.29, 0.717) is 5.56 Å². The second-order valence-corrected chi connectivity index (χ2v) is 9.59. The van der Waals surface area contributed by atoms with Crippen molar-refractivity contribution in [3.63, 3.8) is 0 Å². The van der Waals surface area contributed by atoms with Crippen molar-refractivity contribution in [2.75, 3.05) is 0 Å². The Morgan fingerprint density at radius 3 is 2.09 bits per heavy atom. The van der Waals surface area contributed by atoms with Crippen LogP contribution in [-0.2, 0) is 26.4 Å². The van der Waals surface area contributed by atoms with Gasteiger partial charge in [-0.1, -0.05) is 48.5 Å². The van der Waals surface area contributed by atoms with Crippen molar-refractivity contribution in [2.45, 2.75) is 64.2 Å². The van der Waals surface area contributed by atoms with E-state index in [-0.39, 0.29) is 12.2 Å². The fourth-order valence-corrected chi connectivity index (χ4v) is 4.21. The first kappa shape index (κ1) is 24.6. The second kappa shape index (κ2) is 8.72. The number of carbonyl (C=O) groups excluding carboxylic acids is 2. The normalized spacial score (nSPS) is 18.4. The van der Waals surface area contributed by atoms with Gasteiger partial charge in [0.15, 0.2) is 0 Å². The molecule has 0 spiro atoms. The van der Waals surface area contributed by atoms with Crippen molar-refractivity contribution in [1.82, 2.24) is 5.32 Å². The standard InChI is InChI=1S/C25H28F3NO4/c1-22(2,3)33-21(31)29-23(4,18-12-8-9-13-19(18)26)24(15-25(27,28)16-24)20(30)32-14-17-10-6-5-7-11-17/h5-13H,14-16H2,1-4H3,(H,29,31)/t23-/m1/s1. The largest absolute Gasteiger partial charge is 0.460 e. The summed E-state index contributed by atoms with van der Waals surface area (Å²) in [4.78, 5) is 26.0. The number of rotatable bonds is 6. The van der Waals surface area contributed by atoms with Gasteiger partial charge >= 0.3 is 12.1 Å². The Bertz CT molecular complexity index is 1010. The number of alkyl carbamates (subject to hydrolysis) is 1. The number of carbonyl (C=O) groups is 2. The van der Waals surface area contributed by atoms with Crippen molar-refractivity contribution in [1.29, 1.82) is 0 Å². The van der Waals surface area contributed by atoms with Crippen LogP contribution in [0.25, 0.3) is 0 Å². The highest BCUT2D eigenvalue weighted by Gasteiger charge is 2.71. The summed E-state index contributed by atoms with van der Waals surface area (Å²) >= 11 is 0. The Morgan fingerprint density at radius 1 is 0.970 bits per heavy atom. The molecule has 1 amide bonds. The highest BCUT2D eigenvalue weighted by molar-refractivity contribution is 5.83. The van der Waals surface area contributed by atoms with Crippen molar-refractivity contribution >= 4 is 12.1 Å². The van der Waals surface area contributed by atoms with E-state index in [0.717, 1.165) is 6.07 Å². The minimum absolute atomic E-state index is 0.108. The lowest BCUT2D eigenvalue weighted by Gasteiger charge is -2.55. The van der Waals surface area contributed by atoms with Crippen LogP contribution in [0.15, 0.2) is 54.6 Å². The number of hydrogen-bond acceptors (Lipinski definition) is 4. The molecule has 0 radical (unpaired) electrons. The zero-order chi connectivity index (χ0) is 24.5. The third-order valence-corrected chi connectivity index (χ3v) is 5.84. The zero-order valence-electron chi connectivity index (χ0n) is 19.1. The lowest BCUT2D eigenvalue weighted by molar-refractivity contribution is -0.219. The lowest BCUT2D eigenvalue weighted by Crippen LogP contribution is -2.68. The van der Waals surface area contributed by atoms with Crippen LogP contribution in [-0.4, -0.2) is 23.6 Å². The van der Waals surface area contributed by atoms with Crippen LogP contribution in [0.2, 0.25) is 0 Å². The molecule has 0 heterocycles. The van der Waals surface area contributed by atoms with Gasteiger partial charge in [0.1, 0.15) is 23.4 Å². The molecule has 1 saturated carbocycles. The molecule has 1 atom stereocenters. The zero-order valence-corrected chi connectivity index (χ0v) is 19.1. The quantitative estimate of drug-likeness (QED) is 0.556. The first-order valence-corrected chi connectivity index (χ1v) is 10.6. The van der Waals surface area contributed by atoms with Gasteiger partial charge < -0.3 is 14.8 Å². The van der Waals surface area contributed by atoms with Crippen molar-refractivity contribution in [2.24, 2.45) is 5.41 Å². The molecule has 1 aliphatic carbocycles. The van der Waals surface area contributed by atoms with Crippen LogP contribution in [0.1, 0.15) is 51.7 Å². The van der Waals surface area contributed by atoms with Gasteiger partial charge in [-0.3, -0.25) is 4.79 Å². The number of ether oxygens (including phenoxy) is 2. The predicted octanol–water partition coefficient (Wildman–Crippen LogP) is 5.72. The molecule has 2 aromatic rings. The highest BCUT2D eigenvalue weighted by Crippen LogP contribution is 2.61. The van der Waals surface area contributed by atoms with Crippen LogP contribution >= 0.6 is 0 Å². The minimum atomic E-state index is -3.17. The SMILES string of the molecule is CC(C)(C)OC(=O)N[C@](C)(c1ccccc1F)C1(C(=O)OCc2ccccc2)CC(F)(F)C1. The maximum Gasteiger partial charge on any atom is 0.408 e. The van der Waals surface area contributed by atoms with Gasteiger partial charge in [-0.05, 0) is 39.3 Å². The minimum Gasteiger partial charge on any atom is -0.460 e. The maximum absolute atomic E-state index is 14.9. The molecule has 178 valence electrons. The molecule has 8 heteroatoms. The Kier molecular flexibility index (Phi) is 6.51. The average Bonchev–Trinajstić information content (AvgIpc) is 2.69. The van der Waals surface area contributed by atoms with E-state index >= 15 is 0 Å². The Hall–Kier alpha value is -3.03. The van der Waals surface area contributed by atoms with E-state index in [4.69, 9.17) is 9.47 Å². The molecule has 0 aliphatic heterocycles. The number of nitrogens with one attached hydrogen (secondary N) is 1. The van der Waals surface area contributed by atoms with E-state index < -0.39 is 53.2 Å². The highest BCUT2D eigenvalue weighted by atomic mass is 19.3. The van der Waals surface area contributed by atoms with Crippen LogP contribution in [0.5, 0.6) is 0 Å². The van der Waals surface area contributed by atoms with Gasteiger partial charge in [0, 0.05) is 18.4 Å². The smallest absolute Gasteiger partial charge is 0.408 e. The number of halogens is 3. The van der Waals surface area contributed by atoms with Gasteiger partial charge in [-0.25, -0.2) is 18.0 Å². The Balaban J connectivity index is 2.02. The number of amides is 1. The van der Waals surface area contributed by atoms with E-state index in [2.05, 4.69) is 5.32 Å². The summed E-state index contributed by atoms with van der Waals surface area (Å²) in [5.74, 6) is -4.87. The van der Waals surface area contributed by atoms with Gasteiger partial charge in [-0.2, -0.15) is 0 Å². The molecule has 1 fully saturated rings. The van der Waals surface area contributed by atoms with Gasteiger partial charge in [-0.15, -0.1) is 0 Å². The van der Waals surface area contributed by atoms with Gasteiger partial charge in [0.25, 0.3) is 5.92 Å². The fourth-order valence-electron chi connectivity index (χ4n) is 4.21. The van der Waals surface area contributed by atoms with E-state index in [1.54, 1.807) is 51.1 Å². The molecule has 0 unspecified atom stereocenters. The third kappa shape index (κ3) is 5.15. The summed E-state index contributed by atoms with van der Waals surface area (Å²) in [5, 5.41) is 2.53. The topological polar surface area (TPSA) is 64.6 Å². The van der Waals surface area contributed by atoms with Crippen LogP contribution in [0, 0.1) is 11.2 Å². The Labute approximate surface area is 191 Å². The first-order chi connectivity index (χ1) is 15.3. The average molecular weight is 463 g/mol. The monoisotopic (exact) mass is 463 g/mol. The molecule has 0 aromatic heterocycles. The van der Waals surface area contributed by atoms with Gasteiger partial charge in [0.2, 0.25) is 0 Å². The number of hydrogen-bond donors (Lipinski definition) is 1. The number of esters is 1. The van der Waals surface area contributed by atoms with Crippen LogP contribution in [0.3, 0.4) is 0 Å². The summed E-state index contributed by atoms with van der Waals surface area (Å²) in [6.07, 6.45) is -2.78. The molecular formula is C25H28F3NO4. The summed E-state index contributed by atoms with van der Waals surface area (Å²) in [6, 6.07) is 14.2. The molecule has 33 heavy (non-hydrogen) atoms. The first-order valence-electron chi connectivity index (χ1n) is 10.6. The van der Waals surface area contributed by atoms with Crippen molar-refractivity contribution < 1.29 is 32.2 Å². The molecule has 0 bridgehead atoms. The van der Waals surface area contributed by atoms with Crippen molar-refractivity contribution in [3.05, 3.63) is 71.5 Å². The third-order valence-electron chi connectivity index (χ3n) is 5.84.